The predicted octanol–water partition coefficient (Wildman–Crippen LogP) is 3.40. The van der Waals surface area contributed by atoms with Gasteiger partial charge in [-0.3, -0.25) is 9.59 Å². The molecule has 2 aromatic carbocycles. The van der Waals surface area contributed by atoms with Crippen molar-refractivity contribution in [3.05, 3.63) is 69.5 Å². The zero-order valence-electron chi connectivity index (χ0n) is 18.7. The standard InChI is InChI=1S/C24H26ClFN4O3/c1-13-22(28)18(23(29-2)15-9-14(11-20(27)31)10-16(26)12-15)7-8-30(13)24(32)17-5-4-6-19(33-3)21(17)25/h4-6,9-10,12-13,28-29H,7-8,11H2,1-3H3,(H2,27,31)/b23-18-,28-22?. The lowest BCUT2D eigenvalue weighted by molar-refractivity contribution is -0.117. The Morgan fingerprint density at radius 3 is 2.70 bits per heavy atom. The summed E-state index contributed by atoms with van der Waals surface area (Å²) in [5.41, 5.74) is 8.00. The number of methoxy groups -OCH3 is 1. The molecule has 9 heteroatoms. The Balaban J connectivity index is 1.94. The van der Waals surface area contributed by atoms with Crippen LogP contribution in [0, 0.1) is 11.2 Å². The van der Waals surface area contributed by atoms with E-state index < -0.39 is 17.8 Å². The van der Waals surface area contributed by atoms with Gasteiger partial charge in [0.1, 0.15) is 11.6 Å². The van der Waals surface area contributed by atoms with Crippen LogP contribution in [0.4, 0.5) is 4.39 Å². The van der Waals surface area contributed by atoms with Crippen molar-refractivity contribution in [3.8, 4) is 5.75 Å². The molecule has 1 aliphatic heterocycles. The van der Waals surface area contributed by atoms with E-state index in [2.05, 4.69) is 5.32 Å². The third-order valence-corrected chi connectivity index (χ3v) is 6.05. The summed E-state index contributed by atoms with van der Waals surface area (Å²) in [6.45, 7) is 2.12. The second kappa shape index (κ2) is 10.0. The zero-order valence-corrected chi connectivity index (χ0v) is 19.4. The lowest BCUT2D eigenvalue weighted by Gasteiger charge is -2.36. The molecule has 2 aromatic rings. The van der Waals surface area contributed by atoms with E-state index >= 15 is 0 Å². The molecular weight excluding hydrogens is 447 g/mol. The van der Waals surface area contributed by atoms with Crippen LogP contribution >= 0.6 is 11.6 Å². The van der Waals surface area contributed by atoms with Crippen LogP contribution in [-0.2, 0) is 11.2 Å². The molecule has 33 heavy (non-hydrogen) atoms. The molecule has 0 spiro atoms. The van der Waals surface area contributed by atoms with Gasteiger partial charge in [-0.05, 0) is 49.2 Å². The normalized spacial score (nSPS) is 17.5. The van der Waals surface area contributed by atoms with Crippen LogP contribution in [-0.4, -0.2) is 49.2 Å². The van der Waals surface area contributed by atoms with Crippen molar-refractivity contribution in [2.75, 3.05) is 20.7 Å². The topological polar surface area (TPSA) is 109 Å². The van der Waals surface area contributed by atoms with Gasteiger partial charge in [0.05, 0.1) is 35.9 Å². The number of hydrogen-bond donors (Lipinski definition) is 3. The summed E-state index contributed by atoms with van der Waals surface area (Å²) in [6, 6.07) is 8.74. The predicted molar refractivity (Wildman–Crippen MR) is 126 cm³/mol. The van der Waals surface area contributed by atoms with Gasteiger partial charge in [0.2, 0.25) is 5.91 Å². The molecule has 3 rings (SSSR count). The number of benzene rings is 2. The minimum absolute atomic E-state index is 0.0888. The number of likely N-dealkylation sites (tertiary alicyclic amines) is 1. The lowest BCUT2D eigenvalue weighted by atomic mass is 9.90. The molecule has 0 aromatic heterocycles. The van der Waals surface area contributed by atoms with Gasteiger partial charge >= 0.3 is 0 Å². The average molecular weight is 473 g/mol. The van der Waals surface area contributed by atoms with Gasteiger partial charge in [0, 0.05) is 30.4 Å². The number of carbonyl (C=O) groups is 2. The van der Waals surface area contributed by atoms with E-state index in [1.807, 2.05) is 0 Å². The summed E-state index contributed by atoms with van der Waals surface area (Å²) in [7, 11) is 3.17. The smallest absolute Gasteiger partial charge is 0.256 e. The van der Waals surface area contributed by atoms with Crippen LogP contribution < -0.4 is 15.8 Å². The minimum atomic E-state index is -0.561. The fraction of sp³-hybridized carbons (Fsp3) is 0.292. The van der Waals surface area contributed by atoms with E-state index in [-0.39, 0.29) is 23.1 Å². The number of hydrogen-bond acceptors (Lipinski definition) is 5. The molecule has 1 unspecified atom stereocenters. The fourth-order valence-electron chi connectivity index (χ4n) is 4.06. The molecule has 4 N–H and O–H groups in total. The van der Waals surface area contributed by atoms with E-state index in [9.17, 15) is 14.0 Å². The molecule has 1 atom stereocenters. The molecule has 1 saturated heterocycles. The fourth-order valence-corrected chi connectivity index (χ4v) is 4.35. The van der Waals surface area contributed by atoms with Gasteiger partial charge in [-0.2, -0.15) is 0 Å². The Kier molecular flexibility index (Phi) is 7.38. The van der Waals surface area contributed by atoms with E-state index in [1.54, 1.807) is 43.1 Å². The first-order chi connectivity index (χ1) is 15.7. The summed E-state index contributed by atoms with van der Waals surface area (Å²) >= 11 is 6.34. The molecule has 2 amide bonds. The number of ether oxygens (including phenoxy) is 1. The lowest BCUT2D eigenvalue weighted by Crippen LogP contribution is -2.48. The maximum atomic E-state index is 14.2. The molecule has 0 bridgehead atoms. The van der Waals surface area contributed by atoms with Crippen molar-refractivity contribution in [2.24, 2.45) is 5.73 Å². The molecule has 1 fully saturated rings. The van der Waals surface area contributed by atoms with E-state index in [0.717, 1.165) is 0 Å². The molecular formula is C24H26ClFN4O3. The van der Waals surface area contributed by atoms with Gasteiger partial charge in [-0.1, -0.05) is 17.7 Å². The van der Waals surface area contributed by atoms with Gasteiger partial charge < -0.3 is 26.1 Å². The van der Waals surface area contributed by atoms with Crippen molar-refractivity contribution in [2.45, 2.75) is 25.8 Å². The van der Waals surface area contributed by atoms with Crippen LogP contribution in [0.5, 0.6) is 5.75 Å². The molecule has 0 radical (unpaired) electrons. The van der Waals surface area contributed by atoms with Crippen molar-refractivity contribution >= 4 is 34.8 Å². The van der Waals surface area contributed by atoms with Crippen molar-refractivity contribution < 1.29 is 18.7 Å². The summed E-state index contributed by atoms with van der Waals surface area (Å²) in [5.74, 6) is -0.958. The molecule has 7 nitrogen and oxygen atoms in total. The third-order valence-electron chi connectivity index (χ3n) is 5.66. The van der Waals surface area contributed by atoms with Gasteiger partial charge in [0.25, 0.3) is 5.91 Å². The molecule has 0 aliphatic carbocycles. The highest BCUT2D eigenvalue weighted by Gasteiger charge is 2.33. The van der Waals surface area contributed by atoms with Crippen LogP contribution in [0.1, 0.15) is 34.8 Å². The van der Waals surface area contributed by atoms with E-state index in [1.165, 1.54) is 19.2 Å². The molecule has 1 heterocycles. The Labute approximate surface area is 196 Å². The van der Waals surface area contributed by atoms with E-state index in [0.29, 0.717) is 46.7 Å². The summed E-state index contributed by atoms with van der Waals surface area (Å²) in [6.07, 6.45) is 0.294. The monoisotopic (exact) mass is 472 g/mol. The minimum Gasteiger partial charge on any atom is -0.495 e. The Morgan fingerprint density at radius 2 is 2.06 bits per heavy atom. The Morgan fingerprint density at radius 1 is 1.33 bits per heavy atom. The Hall–Kier alpha value is -3.39. The molecule has 0 saturated carbocycles. The van der Waals surface area contributed by atoms with E-state index in [4.69, 9.17) is 27.5 Å². The number of halogens is 2. The van der Waals surface area contributed by atoms with Gasteiger partial charge in [-0.25, -0.2) is 4.39 Å². The SMILES string of the molecule is CN/C(=C1/CCN(C(=O)c2cccc(OC)c2Cl)C(C)C1=N)c1cc(F)cc(CC(N)=O)c1. The zero-order chi connectivity index (χ0) is 24.3. The van der Waals surface area contributed by atoms with Crippen molar-refractivity contribution in [3.63, 3.8) is 0 Å². The van der Waals surface area contributed by atoms with Crippen LogP contribution in [0.25, 0.3) is 5.70 Å². The highest BCUT2D eigenvalue weighted by Crippen LogP contribution is 2.32. The maximum Gasteiger partial charge on any atom is 0.256 e. The molecule has 174 valence electrons. The first-order valence-electron chi connectivity index (χ1n) is 10.4. The maximum absolute atomic E-state index is 14.2. The number of nitrogens with zero attached hydrogens (tertiary/aromatic N) is 1. The summed E-state index contributed by atoms with van der Waals surface area (Å²) < 4.78 is 19.4. The van der Waals surface area contributed by atoms with Crippen LogP contribution in [0.3, 0.4) is 0 Å². The average Bonchev–Trinajstić information content (AvgIpc) is 2.76. The van der Waals surface area contributed by atoms with Crippen molar-refractivity contribution in [1.82, 2.24) is 10.2 Å². The number of piperidine rings is 1. The quantitative estimate of drug-likeness (QED) is 0.598. The second-order valence-corrected chi connectivity index (χ2v) is 8.13. The van der Waals surface area contributed by atoms with Gasteiger partial charge in [-0.15, -0.1) is 0 Å². The second-order valence-electron chi connectivity index (χ2n) is 7.75. The first-order valence-corrected chi connectivity index (χ1v) is 10.8. The number of carbonyl (C=O) groups excluding carboxylic acids is 2. The highest BCUT2D eigenvalue weighted by atomic mass is 35.5. The van der Waals surface area contributed by atoms with Gasteiger partial charge in [0.15, 0.2) is 0 Å². The van der Waals surface area contributed by atoms with Crippen molar-refractivity contribution in [1.29, 1.82) is 5.41 Å². The third kappa shape index (κ3) is 5.01. The largest absolute Gasteiger partial charge is 0.495 e. The number of rotatable bonds is 6. The van der Waals surface area contributed by atoms with Crippen LogP contribution in [0.2, 0.25) is 5.02 Å². The Bertz CT molecular complexity index is 1150. The number of nitrogens with two attached hydrogens (primary N) is 1. The highest BCUT2D eigenvalue weighted by molar-refractivity contribution is 6.35. The number of amides is 2. The number of primary amides is 1. The molecule has 1 aliphatic rings. The summed E-state index contributed by atoms with van der Waals surface area (Å²) in [5, 5.41) is 12.0. The number of nitrogens with one attached hydrogen (secondary N) is 2. The van der Waals surface area contributed by atoms with Crippen LogP contribution in [0.15, 0.2) is 42.0 Å². The first kappa shape index (κ1) is 24.3. The summed E-state index contributed by atoms with van der Waals surface area (Å²) in [4.78, 5) is 26.1.